The average molecular weight is 491 g/mol. The highest BCUT2D eigenvalue weighted by Gasteiger charge is 2.33. The largest absolute Gasteiger partial charge is 0.497 e. The van der Waals surface area contributed by atoms with Crippen LogP contribution in [0.25, 0.3) is 0 Å². The van der Waals surface area contributed by atoms with Crippen LogP contribution in [0.3, 0.4) is 0 Å². The molecule has 0 N–H and O–H groups in total. The summed E-state index contributed by atoms with van der Waals surface area (Å²) in [6.07, 6.45) is 1.65. The molecule has 1 saturated heterocycles. The lowest BCUT2D eigenvalue weighted by atomic mass is 10.0. The Morgan fingerprint density at radius 2 is 1.64 bits per heavy atom. The smallest absolute Gasteiger partial charge is 0.173 e. The van der Waals surface area contributed by atoms with E-state index in [9.17, 15) is 0 Å². The highest BCUT2D eigenvalue weighted by atomic mass is 16.5. The van der Waals surface area contributed by atoms with Gasteiger partial charge in [0.25, 0.3) is 0 Å². The molecule has 0 bridgehead atoms. The summed E-state index contributed by atoms with van der Waals surface area (Å²) in [7, 11) is 5.02. The van der Waals surface area contributed by atoms with Gasteiger partial charge in [0.15, 0.2) is 5.82 Å². The minimum absolute atomic E-state index is 0.238. The third-order valence-electron chi connectivity index (χ3n) is 6.54. The number of hydrogen-bond acceptors (Lipinski definition) is 9. The summed E-state index contributed by atoms with van der Waals surface area (Å²) in [6, 6.07) is 17.6. The van der Waals surface area contributed by atoms with Crippen molar-refractivity contribution in [2.45, 2.75) is 12.6 Å². The van der Waals surface area contributed by atoms with Gasteiger partial charge in [-0.15, -0.1) is 5.10 Å². The Hall–Kier alpha value is -4.05. The molecule has 10 heteroatoms. The predicted molar refractivity (Wildman–Crippen MR) is 134 cm³/mol. The van der Waals surface area contributed by atoms with Gasteiger partial charge in [-0.05, 0) is 65.0 Å². The molecule has 0 aliphatic carbocycles. The minimum Gasteiger partial charge on any atom is -0.497 e. The number of rotatable bonds is 9. The number of tetrazole rings is 1. The Morgan fingerprint density at radius 3 is 2.31 bits per heavy atom. The molecule has 1 atom stereocenters. The van der Waals surface area contributed by atoms with Crippen LogP contribution in [0.2, 0.25) is 0 Å². The van der Waals surface area contributed by atoms with Gasteiger partial charge in [0.05, 0.1) is 27.6 Å². The van der Waals surface area contributed by atoms with Gasteiger partial charge in [-0.3, -0.25) is 4.90 Å². The van der Waals surface area contributed by atoms with Gasteiger partial charge in [0.2, 0.25) is 0 Å². The molecule has 1 aliphatic rings. The lowest BCUT2D eigenvalue weighted by Crippen LogP contribution is -2.48. The van der Waals surface area contributed by atoms with E-state index in [0.717, 1.165) is 60.6 Å². The van der Waals surface area contributed by atoms with Crippen molar-refractivity contribution in [3.8, 4) is 17.2 Å². The van der Waals surface area contributed by atoms with Crippen molar-refractivity contribution in [3.05, 3.63) is 78.0 Å². The molecule has 1 fully saturated rings. The normalized spacial score (nSPS) is 15.0. The summed E-state index contributed by atoms with van der Waals surface area (Å²) >= 11 is 0. The Labute approximate surface area is 210 Å². The quantitative estimate of drug-likeness (QED) is 0.351. The maximum absolute atomic E-state index is 5.77. The second kappa shape index (κ2) is 10.7. The van der Waals surface area contributed by atoms with Crippen LogP contribution in [-0.4, -0.2) is 72.6 Å². The van der Waals surface area contributed by atoms with Crippen molar-refractivity contribution >= 4 is 5.69 Å². The summed E-state index contributed by atoms with van der Waals surface area (Å²) in [6.45, 7) is 3.77. The molecular weight excluding hydrogens is 460 g/mol. The van der Waals surface area contributed by atoms with Crippen LogP contribution < -0.4 is 19.1 Å². The molecule has 2 aromatic heterocycles. The van der Waals surface area contributed by atoms with Crippen LogP contribution in [0.1, 0.15) is 23.2 Å². The Morgan fingerprint density at radius 1 is 0.889 bits per heavy atom. The van der Waals surface area contributed by atoms with Gasteiger partial charge in [-0.25, -0.2) is 4.68 Å². The molecule has 0 amide bonds. The van der Waals surface area contributed by atoms with Crippen LogP contribution in [0.5, 0.6) is 17.2 Å². The average Bonchev–Trinajstić information content (AvgIpc) is 3.62. The maximum Gasteiger partial charge on any atom is 0.173 e. The van der Waals surface area contributed by atoms with Crippen molar-refractivity contribution in [1.29, 1.82) is 0 Å². The van der Waals surface area contributed by atoms with E-state index in [4.69, 9.17) is 18.6 Å². The van der Waals surface area contributed by atoms with Crippen molar-refractivity contribution in [2.75, 3.05) is 52.4 Å². The fourth-order valence-corrected chi connectivity index (χ4v) is 4.65. The molecule has 0 spiro atoms. The van der Waals surface area contributed by atoms with Gasteiger partial charge in [0, 0.05) is 37.4 Å². The number of piperazine rings is 1. The van der Waals surface area contributed by atoms with E-state index in [1.807, 2.05) is 42.5 Å². The third kappa shape index (κ3) is 4.85. The monoisotopic (exact) mass is 490 g/mol. The number of ether oxygens (including phenoxy) is 3. The summed E-state index contributed by atoms with van der Waals surface area (Å²) in [4.78, 5) is 4.77. The van der Waals surface area contributed by atoms with Crippen molar-refractivity contribution in [2.24, 2.45) is 0 Å². The van der Waals surface area contributed by atoms with Crippen LogP contribution >= 0.6 is 0 Å². The number of hydrogen-bond donors (Lipinski definition) is 0. The van der Waals surface area contributed by atoms with Crippen LogP contribution in [-0.2, 0) is 6.54 Å². The van der Waals surface area contributed by atoms with Gasteiger partial charge < -0.3 is 23.5 Å². The molecule has 0 radical (unpaired) electrons. The first-order valence-corrected chi connectivity index (χ1v) is 11.8. The number of anilines is 1. The van der Waals surface area contributed by atoms with Crippen molar-refractivity contribution in [3.63, 3.8) is 0 Å². The van der Waals surface area contributed by atoms with E-state index in [0.29, 0.717) is 6.54 Å². The molecule has 1 aliphatic heterocycles. The first-order chi connectivity index (χ1) is 17.7. The fourth-order valence-electron chi connectivity index (χ4n) is 4.65. The molecule has 188 valence electrons. The lowest BCUT2D eigenvalue weighted by molar-refractivity contribution is 0.197. The molecular formula is C26H30N6O4. The van der Waals surface area contributed by atoms with E-state index < -0.39 is 0 Å². The Bertz CT molecular complexity index is 1250. The standard InChI is InChI=1S/C26H30N6O4/c1-33-20-8-6-19(7-9-20)30-12-14-31(15-13-30)25(23-17-21(34-2)10-11-24(23)35-3)26-27-28-29-32(26)18-22-5-4-16-36-22/h4-11,16-17,25H,12-15,18H2,1-3H3/t25-/m1/s1. The van der Waals surface area contributed by atoms with E-state index in [-0.39, 0.29) is 6.04 Å². The molecule has 5 rings (SSSR count). The van der Waals surface area contributed by atoms with E-state index in [2.05, 4.69) is 37.5 Å². The topological polar surface area (TPSA) is 90.9 Å². The molecule has 36 heavy (non-hydrogen) atoms. The van der Waals surface area contributed by atoms with Gasteiger partial charge in [-0.1, -0.05) is 0 Å². The zero-order chi connectivity index (χ0) is 24.9. The van der Waals surface area contributed by atoms with E-state index >= 15 is 0 Å². The number of furan rings is 1. The molecule has 0 unspecified atom stereocenters. The molecule has 2 aromatic carbocycles. The predicted octanol–water partition coefficient (Wildman–Crippen LogP) is 3.25. The Balaban J connectivity index is 1.47. The van der Waals surface area contributed by atoms with E-state index in [1.54, 1.807) is 32.3 Å². The molecule has 10 nitrogen and oxygen atoms in total. The summed E-state index contributed by atoms with van der Waals surface area (Å²) < 4.78 is 24.0. The number of methoxy groups -OCH3 is 3. The molecule has 3 heterocycles. The highest BCUT2D eigenvalue weighted by molar-refractivity contribution is 5.50. The van der Waals surface area contributed by atoms with Gasteiger partial charge in [-0.2, -0.15) is 0 Å². The maximum atomic E-state index is 5.77. The molecule has 4 aromatic rings. The summed E-state index contributed by atoms with van der Waals surface area (Å²) in [5.41, 5.74) is 2.12. The second-order valence-corrected chi connectivity index (χ2v) is 8.51. The van der Waals surface area contributed by atoms with Crippen molar-refractivity contribution < 1.29 is 18.6 Å². The van der Waals surface area contributed by atoms with E-state index in [1.165, 1.54) is 5.69 Å². The third-order valence-corrected chi connectivity index (χ3v) is 6.54. The van der Waals surface area contributed by atoms with Crippen molar-refractivity contribution in [1.82, 2.24) is 25.1 Å². The van der Waals surface area contributed by atoms with Crippen LogP contribution in [0, 0.1) is 0 Å². The number of benzene rings is 2. The lowest BCUT2D eigenvalue weighted by Gasteiger charge is -2.40. The number of aromatic nitrogens is 4. The zero-order valence-electron chi connectivity index (χ0n) is 20.7. The van der Waals surface area contributed by atoms with Crippen LogP contribution in [0.15, 0.2) is 65.3 Å². The first-order valence-electron chi connectivity index (χ1n) is 11.8. The SMILES string of the molecule is COc1ccc(N2CCN([C@H](c3cc(OC)ccc3OC)c3nnnn3Cc3ccco3)CC2)cc1. The first kappa shape index (κ1) is 23.7. The molecule has 0 saturated carbocycles. The summed E-state index contributed by atoms with van der Waals surface area (Å²) in [5.74, 6) is 3.86. The Kier molecular flexibility index (Phi) is 7.03. The zero-order valence-corrected chi connectivity index (χ0v) is 20.7. The van der Waals surface area contributed by atoms with Crippen LogP contribution in [0.4, 0.5) is 5.69 Å². The fraction of sp³-hybridized carbons (Fsp3) is 0.346. The summed E-state index contributed by atoms with van der Waals surface area (Å²) in [5, 5.41) is 12.8. The second-order valence-electron chi connectivity index (χ2n) is 8.51. The number of nitrogens with zero attached hydrogens (tertiary/aromatic N) is 6. The minimum atomic E-state index is -0.238. The highest BCUT2D eigenvalue weighted by Crippen LogP contribution is 2.37. The van der Waals surface area contributed by atoms with Gasteiger partial charge in [0.1, 0.15) is 35.6 Å². The van der Waals surface area contributed by atoms with Gasteiger partial charge >= 0.3 is 0 Å².